The van der Waals surface area contributed by atoms with Crippen molar-refractivity contribution in [2.75, 3.05) is 19.8 Å². The topological polar surface area (TPSA) is 60.9 Å². The summed E-state index contributed by atoms with van der Waals surface area (Å²) in [6.45, 7) is 6.47. The number of aromatic nitrogens is 1. The molecule has 2 aliphatic heterocycles. The number of fused-ring (bicyclic) bond motifs is 1. The molecule has 0 N–H and O–H groups in total. The Hall–Kier alpha value is -3.09. The summed E-state index contributed by atoms with van der Waals surface area (Å²) in [7, 11) is 0. The first-order chi connectivity index (χ1) is 17.4. The van der Waals surface area contributed by atoms with Crippen molar-refractivity contribution in [1.29, 1.82) is 0 Å². The standard InChI is InChI=1S/C29H31ClN2O4/c1-29(2)16-22(8-11-36-29)28(33)32-10-12-34-27-24(18-32)13-23(21-6-3-7-25(30)14-21)15-26(27)35-19-20-5-4-9-31-17-20/h3-7,9,13-15,17,22H,8,10-12,16,18-19H2,1-2H3. The molecule has 0 spiro atoms. The van der Waals surface area contributed by atoms with Crippen molar-refractivity contribution in [3.63, 3.8) is 0 Å². The van der Waals surface area contributed by atoms with Crippen LogP contribution < -0.4 is 9.47 Å². The maximum atomic E-state index is 13.6. The largest absolute Gasteiger partial charge is 0.487 e. The first kappa shape index (κ1) is 24.6. The van der Waals surface area contributed by atoms with Crippen molar-refractivity contribution in [2.24, 2.45) is 5.92 Å². The van der Waals surface area contributed by atoms with Gasteiger partial charge in [-0.15, -0.1) is 0 Å². The van der Waals surface area contributed by atoms with E-state index in [2.05, 4.69) is 24.9 Å². The fourth-order valence-electron chi connectivity index (χ4n) is 4.96. The van der Waals surface area contributed by atoms with Crippen LogP contribution in [0.5, 0.6) is 11.5 Å². The number of pyridine rings is 1. The zero-order valence-corrected chi connectivity index (χ0v) is 21.5. The van der Waals surface area contributed by atoms with Crippen molar-refractivity contribution in [1.82, 2.24) is 9.88 Å². The SMILES string of the molecule is CC1(C)CC(C(=O)N2CCOc3c(cc(-c4cccc(Cl)c4)cc3OCc3cccnc3)C2)CCO1. The molecular weight excluding hydrogens is 476 g/mol. The van der Waals surface area contributed by atoms with Gasteiger partial charge < -0.3 is 19.1 Å². The van der Waals surface area contributed by atoms with Crippen molar-refractivity contribution < 1.29 is 19.0 Å². The van der Waals surface area contributed by atoms with Gasteiger partial charge in [-0.1, -0.05) is 29.8 Å². The van der Waals surface area contributed by atoms with Gasteiger partial charge in [-0.3, -0.25) is 9.78 Å². The number of amides is 1. The van der Waals surface area contributed by atoms with Crippen molar-refractivity contribution in [2.45, 2.75) is 45.4 Å². The van der Waals surface area contributed by atoms with E-state index in [1.165, 1.54) is 0 Å². The highest BCUT2D eigenvalue weighted by Gasteiger charge is 2.36. The summed E-state index contributed by atoms with van der Waals surface area (Å²) in [5.41, 5.74) is 3.54. The van der Waals surface area contributed by atoms with Crippen molar-refractivity contribution in [3.8, 4) is 22.6 Å². The molecule has 1 amide bonds. The van der Waals surface area contributed by atoms with Gasteiger partial charge >= 0.3 is 0 Å². The van der Waals surface area contributed by atoms with Gasteiger partial charge in [0.05, 0.1) is 12.1 Å². The molecule has 6 nitrogen and oxygen atoms in total. The van der Waals surface area contributed by atoms with E-state index in [0.29, 0.717) is 49.4 Å². The summed E-state index contributed by atoms with van der Waals surface area (Å²) in [6, 6.07) is 15.7. The van der Waals surface area contributed by atoms with Crippen LogP contribution in [0.2, 0.25) is 5.02 Å². The van der Waals surface area contributed by atoms with E-state index in [1.54, 1.807) is 12.4 Å². The summed E-state index contributed by atoms with van der Waals surface area (Å²) >= 11 is 6.29. The molecule has 2 aliphatic rings. The number of nitrogens with zero attached hydrogens (tertiary/aromatic N) is 2. The molecule has 0 bridgehead atoms. The van der Waals surface area contributed by atoms with E-state index < -0.39 is 0 Å². The molecule has 1 unspecified atom stereocenters. The third-order valence-electron chi connectivity index (χ3n) is 6.73. The zero-order valence-electron chi connectivity index (χ0n) is 20.7. The number of benzene rings is 2. The minimum atomic E-state index is -0.286. The molecule has 1 fully saturated rings. The molecule has 0 radical (unpaired) electrons. The highest BCUT2D eigenvalue weighted by Crippen LogP contribution is 2.40. The smallest absolute Gasteiger partial charge is 0.226 e. The number of halogens is 1. The molecule has 5 rings (SSSR count). The first-order valence-corrected chi connectivity index (χ1v) is 12.8. The third kappa shape index (κ3) is 5.66. The second-order valence-corrected chi connectivity index (χ2v) is 10.5. The molecule has 0 saturated carbocycles. The van der Waals surface area contributed by atoms with Crippen LogP contribution in [0.3, 0.4) is 0 Å². The van der Waals surface area contributed by atoms with Crippen LogP contribution in [0.1, 0.15) is 37.8 Å². The van der Waals surface area contributed by atoms with Crippen LogP contribution in [-0.2, 0) is 22.7 Å². The summed E-state index contributed by atoms with van der Waals surface area (Å²) < 4.78 is 18.3. The number of hydrogen-bond acceptors (Lipinski definition) is 5. The van der Waals surface area contributed by atoms with Gasteiger partial charge in [0.2, 0.25) is 5.91 Å². The quantitative estimate of drug-likeness (QED) is 0.430. The molecule has 3 aromatic rings. The normalized spacial score (nSPS) is 19.1. The maximum Gasteiger partial charge on any atom is 0.226 e. The lowest BCUT2D eigenvalue weighted by atomic mass is 9.87. The van der Waals surface area contributed by atoms with E-state index in [-0.39, 0.29) is 17.4 Å². The number of carbonyl (C=O) groups is 1. The Morgan fingerprint density at radius 2 is 2.06 bits per heavy atom. The van der Waals surface area contributed by atoms with Crippen molar-refractivity contribution in [3.05, 3.63) is 77.1 Å². The predicted molar refractivity (Wildman–Crippen MR) is 139 cm³/mol. The average Bonchev–Trinajstić information content (AvgIpc) is 3.09. The fourth-order valence-corrected chi connectivity index (χ4v) is 5.15. The van der Waals surface area contributed by atoms with Crippen LogP contribution in [0, 0.1) is 5.92 Å². The van der Waals surface area contributed by atoms with Crippen molar-refractivity contribution >= 4 is 17.5 Å². The average molecular weight is 507 g/mol. The molecule has 36 heavy (non-hydrogen) atoms. The fraction of sp³-hybridized carbons (Fsp3) is 0.379. The monoisotopic (exact) mass is 506 g/mol. The van der Waals surface area contributed by atoms with E-state index in [0.717, 1.165) is 35.1 Å². The van der Waals surface area contributed by atoms with Crippen LogP contribution in [-0.4, -0.2) is 41.2 Å². The summed E-state index contributed by atoms with van der Waals surface area (Å²) in [5, 5.41) is 0.662. The Bertz CT molecular complexity index is 1230. The van der Waals surface area contributed by atoms with E-state index in [1.807, 2.05) is 47.4 Å². The second-order valence-electron chi connectivity index (χ2n) is 10.0. The zero-order chi connectivity index (χ0) is 25.1. The Labute approximate surface area is 217 Å². The van der Waals surface area contributed by atoms with E-state index in [9.17, 15) is 4.79 Å². The molecule has 3 heterocycles. The highest BCUT2D eigenvalue weighted by molar-refractivity contribution is 6.30. The lowest BCUT2D eigenvalue weighted by molar-refractivity contribution is -0.146. The lowest BCUT2D eigenvalue weighted by Gasteiger charge is -2.36. The summed E-state index contributed by atoms with van der Waals surface area (Å²) in [5.74, 6) is 1.45. The maximum absolute atomic E-state index is 13.6. The van der Waals surface area contributed by atoms with Crippen LogP contribution in [0.25, 0.3) is 11.1 Å². The minimum Gasteiger partial charge on any atom is -0.487 e. The molecule has 1 saturated heterocycles. The third-order valence-corrected chi connectivity index (χ3v) is 6.97. The molecule has 7 heteroatoms. The van der Waals surface area contributed by atoms with Gasteiger partial charge in [0.1, 0.15) is 13.2 Å². The Morgan fingerprint density at radius 1 is 1.17 bits per heavy atom. The van der Waals surface area contributed by atoms with Crippen LogP contribution >= 0.6 is 11.6 Å². The Morgan fingerprint density at radius 3 is 2.83 bits per heavy atom. The molecular formula is C29H31ClN2O4. The first-order valence-electron chi connectivity index (χ1n) is 12.4. The lowest BCUT2D eigenvalue weighted by Crippen LogP contribution is -2.43. The van der Waals surface area contributed by atoms with Crippen LogP contribution in [0.15, 0.2) is 60.9 Å². The van der Waals surface area contributed by atoms with E-state index in [4.69, 9.17) is 25.8 Å². The highest BCUT2D eigenvalue weighted by atomic mass is 35.5. The van der Waals surface area contributed by atoms with Crippen LogP contribution in [0.4, 0.5) is 0 Å². The Balaban J connectivity index is 1.47. The van der Waals surface area contributed by atoms with Gasteiger partial charge in [-0.2, -0.15) is 0 Å². The van der Waals surface area contributed by atoms with Gasteiger partial charge in [-0.05, 0) is 68.1 Å². The van der Waals surface area contributed by atoms with Gasteiger partial charge in [-0.25, -0.2) is 0 Å². The summed E-state index contributed by atoms with van der Waals surface area (Å²) in [6.07, 6.45) is 4.99. The summed E-state index contributed by atoms with van der Waals surface area (Å²) in [4.78, 5) is 19.7. The molecule has 188 valence electrons. The molecule has 1 atom stereocenters. The minimum absolute atomic E-state index is 0.0484. The number of ether oxygens (including phenoxy) is 3. The number of hydrogen-bond donors (Lipinski definition) is 0. The van der Waals surface area contributed by atoms with Gasteiger partial charge in [0.15, 0.2) is 11.5 Å². The number of rotatable bonds is 5. The molecule has 1 aromatic heterocycles. The molecule has 2 aromatic carbocycles. The Kier molecular flexibility index (Phi) is 7.17. The molecule has 0 aliphatic carbocycles. The second kappa shape index (κ2) is 10.5. The van der Waals surface area contributed by atoms with Gasteiger partial charge in [0.25, 0.3) is 0 Å². The number of carbonyl (C=O) groups excluding carboxylic acids is 1. The van der Waals surface area contributed by atoms with E-state index >= 15 is 0 Å². The predicted octanol–water partition coefficient (Wildman–Crippen LogP) is 5.91. The van der Waals surface area contributed by atoms with Gasteiger partial charge in [0, 0.05) is 47.6 Å².